The Morgan fingerprint density at radius 2 is 1.92 bits per heavy atom. The van der Waals surface area contributed by atoms with E-state index in [0.717, 1.165) is 51.2 Å². The molecule has 5 heteroatoms. The van der Waals surface area contributed by atoms with Gasteiger partial charge in [-0.3, -0.25) is 0 Å². The number of hydrogen-bond acceptors (Lipinski definition) is 3. The average molecular weight is 387 g/mol. The number of ether oxygens (including phenoxy) is 2. The molecule has 24 heavy (non-hydrogen) atoms. The first-order valence-electron chi connectivity index (χ1n) is 8.24. The lowest BCUT2D eigenvalue weighted by Crippen LogP contribution is -2.11. The fourth-order valence-electron chi connectivity index (χ4n) is 3.23. The van der Waals surface area contributed by atoms with Crippen LogP contribution in [0.15, 0.2) is 40.9 Å². The summed E-state index contributed by atoms with van der Waals surface area (Å²) in [6.45, 7) is 0. The van der Waals surface area contributed by atoms with Crippen molar-refractivity contribution in [3.05, 3.63) is 40.9 Å². The highest BCUT2D eigenvalue weighted by Gasteiger charge is 2.20. The topological polar surface area (TPSA) is 47.1 Å². The van der Waals surface area contributed by atoms with Crippen LogP contribution in [0.3, 0.4) is 0 Å². The number of halogens is 1. The van der Waals surface area contributed by atoms with E-state index in [1.54, 1.807) is 7.11 Å². The van der Waals surface area contributed by atoms with Crippen LogP contribution in [0, 0.1) is 0 Å². The lowest BCUT2D eigenvalue weighted by Gasteiger charge is -2.17. The van der Waals surface area contributed by atoms with Crippen molar-refractivity contribution in [2.45, 2.75) is 31.8 Å². The Morgan fingerprint density at radius 1 is 1.12 bits per heavy atom. The minimum absolute atomic E-state index is 0.294. The highest BCUT2D eigenvalue weighted by molar-refractivity contribution is 9.10. The molecular formula is C19H19BrN2O2. The van der Waals surface area contributed by atoms with Gasteiger partial charge >= 0.3 is 0 Å². The molecule has 1 saturated carbocycles. The third-order valence-electron chi connectivity index (χ3n) is 4.49. The van der Waals surface area contributed by atoms with Crippen LogP contribution in [0.5, 0.6) is 11.5 Å². The Bertz CT molecular complexity index is 836. The number of imidazole rings is 1. The number of nitrogens with one attached hydrogen (secondary N) is 1. The lowest BCUT2D eigenvalue weighted by atomic mass is 10.2. The van der Waals surface area contributed by atoms with Gasteiger partial charge in [0.15, 0.2) is 11.5 Å². The number of benzene rings is 2. The summed E-state index contributed by atoms with van der Waals surface area (Å²) in [5.41, 5.74) is 2.93. The van der Waals surface area contributed by atoms with Crippen LogP contribution in [0.1, 0.15) is 25.7 Å². The van der Waals surface area contributed by atoms with Gasteiger partial charge in [-0.25, -0.2) is 4.98 Å². The first kappa shape index (κ1) is 15.5. The molecule has 0 spiro atoms. The third kappa shape index (κ3) is 2.88. The van der Waals surface area contributed by atoms with Gasteiger partial charge in [0.25, 0.3) is 0 Å². The van der Waals surface area contributed by atoms with Crippen molar-refractivity contribution < 1.29 is 9.47 Å². The van der Waals surface area contributed by atoms with Gasteiger partial charge in [-0.2, -0.15) is 0 Å². The minimum Gasteiger partial charge on any atom is -0.493 e. The van der Waals surface area contributed by atoms with Gasteiger partial charge in [-0.1, -0.05) is 12.1 Å². The zero-order valence-electron chi connectivity index (χ0n) is 13.5. The Labute approximate surface area is 149 Å². The third-order valence-corrected chi connectivity index (χ3v) is 5.15. The van der Waals surface area contributed by atoms with E-state index in [0.29, 0.717) is 6.10 Å². The Morgan fingerprint density at radius 3 is 2.67 bits per heavy atom. The number of fused-ring (bicyclic) bond motifs is 1. The summed E-state index contributed by atoms with van der Waals surface area (Å²) in [5, 5.41) is 0. The monoisotopic (exact) mass is 386 g/mol. The number of aromatic amines is 1. The van der Waals surface area contributed by atoms with E-state index in [1.807, 2.05) is 36.4 Å². The molecule has 0 atom stereocenters. The van der Waals surface area contributed by atoms with Gasteiger partial charge in [0.1, 0.15) is 5.82 Å². The normalized spacial score (nSPS) is 15.1. The molecule has 3 aromatic rings. The van der Waals surface area contributed by atoms with Gasteiger partial charge in [-0.15, -0.1) is 0 Å². The molecule has 2 aromatic carbocycles. The van der Waals surface area contributed by atoms with Crippen molar-refractivity contribution in [3.63, 3.8) is 0 Å². The average Bonchev–Trinajstić information content (AvgIpc) is 3.24. The van der Waals surface area contributed by atoms with Crippen molar-refractivity contribution in [1.29, 1.82) is 0 Å². The molecular weight excluding hydrogens is 368 g/mol. The Kier molecular flexibility index (Phi) is 4.19. The predicted octanol–water partition coefficient (Wildman–Crippen LogP) is 5.32. The number of rotatable bonds is 4. The van der Waals surface area contributed by atoms with E-state index in [2.05, 4.69) is 25.9 Å². The zero-order valence-corrected chi connectivity index (χ0v) is 15.1. The number of H-pyrrole nitrogens is 1. The summed E-state index contributed by atoms with van der Waals surface area (Å²) >= 11 is 3.66. The summed E-state index contributed by atoms with van der Waals surface area (Å²) < 4.78 is 12.6. The fourth-order valence-corrected chi connectivity index (χ4v) is 3.74. The number of nitrogens with zero attached hydrogens (tertiary/aromatic N) is 1. The standard InChI is InChI=1S/C19H19BrN2O2/c1-23-17-10-13(19-21-15-8-4-5-9-16(15)22-19)14(20)11-18(17)24-12-6-2-3-7-12/h4-5,8-12H,2-3,6-7H2,1H3,(H,21,22). The summed E-state index contributed by atoms with van der Waals surface area (Å²) in [7, 11) is 1.67. The SMILES string of the molecule is COc1cc(-c2nc3ccccc3[nH]2)c(Br)cc1OC1CCCC1. The van der Waals surface area contributed by atoms with E-state index < -0.39 is 0 Å². The van der Waals surface area contributed by atoms with Crippen LogP contribution in [-0.2, 0) is 0 Å². The maximum atomic E-state index is 6.14. The van der Waals surface area contributed by atoms with Crippen molar-refractivity contribution in [3.8, 4) is 22.9 Å². The van der Waals surface area contributed by atoms with E-state index in [1.165, 1.54) is 12.8 Å². The van der Waals surface area contributed by atoms with Crippen molar-refractivity contribution >= 4 is 27.0 Å². The van der Waals surface area contributed by atoms with E-state index >= 15 is 0 Å². The van der Waals surface area contributed by atoms with E-state index in [-0.39, 0.29) is 0 Å². The number of methoxy groups -OCH3 is 1. The maximum absolute atomic E-state index is 6.14. The molecule has 4 rings (SSSR count). The quantitative estimate of drug-likeness (QED) is 0.659. The molecule has 1 N–H and O–H groups in total. The minimum atomic E-state index is 0.294. The van der Waals surface area contributed by atoms with Gasteiger partial charge < -0.3 is 14.5 Å². The molecule has 0 radical (unpaired) electrons. The number of hydrogen-bond donors (Lipinski definition) is 1. The van der Waals surface area contributed by atoms with Crippen LogP contribution < -0.4 is 9.47 Å². The fraction of sp³-hybridized carbons (Fsp3) is 0.316. The molecule has 0 unspecified atom stereocenters. The zero-order chi connectivity index (χ0) is 16.5. The molecule has 1 aliphatic rings. The van der Waals surface area contributed by atoms with Crippen LogP contribution in [0.4, 0.5) is 0 Å². The summed E-state index contributed by atoms with van der Waals surface area (Å²) in [4.78, 5) is 8.03. The van der Waals surface area contributed by atoms with Gasteiger partial charge in [0, 0.05) is 10.0 Å². The first-order chi connectivity index (χ1) is 11.7. The van der Waals surface area contributed by atoms with Gasteiger partial charge in [0.2, 0.25) is 0 Å². The lowest BCUT2D eigenvalue weighted by molar-refractivity contribution is 0.200. The molecule has 124 valence electrons. The molecule has 0 saturated heterocycles. The van der Waals surface area contributed by atoms with Crippen molar-refractivity contribution in [2.24, 2.45) is 0 Å². The highest BCUT2D eigenvalue weighted by atomic mass is 79.9. The van der Waals surface area contributed by atoms with E-state index in [4.69, 9.17) is 9.47 Å². The van der Waals surface area contributed by atoms with Crippen LogP contribution in [-0.4, -0.2) is 23.2 Å². The van der Waals surface area contributed by atoms with Crippen LogP contribution in [0.2, 0.25) is 0 Å². The molecule has 1 aromatic heterocycles. The second-order valence-electron chi connectivity index (χ2n) is 6.11. The summed E-state index contributed by atoms with van der Waals surface area (Å²) in [6.07, 6.45) is 5.01. The molecule has 1 heterocycles. The second-order valence-corrected chi connectivity index (χ2v) is 6.96. The molecule has 0 aliphatic heterocycles. The summed E-state index contributed by atoms with van der Waals surface area (Å²) in [5.74, 6) is 2.34. The smallest absolute Gasteiger partial charge is 0.162 e. The Balaban J connectivity index is 1.72. The van der Waals surface area contributed by atoms with Crippen molar-refractivity contribution in [1.82, 2.24) is 9.97 Å². The van der Waals surface area contributed by atoms with E-state index in [9.17, 15) is 0 Å². The van der Waals surface area contributed by atoms with Crippen LogP contribution >= 0.6 is 15.9 Å². The molecule has 0 amide bonds. The summed E-state index contributed by atoms with van der Waals surface area (Å²) in [6, 6.07) is 12.0. The van der Waals surface area contributed by atoms with Crippen LogP contribution in [0.25, 0.3) is 22.4 Å². The highest BCUT2D eigenvalue weighted by Crippen LogP contribution is 2.39. The molecule has 4 nitrogen and oxygen atoms in total. The molecule has 0 bridgehead atoms. The van der Waals surface area contributed by atoms with Crippen molar-refractivity contribution in [2.75, 3.05) is 7.11 Å². The predicted molar refractivity (Wildman–Crippen MR) is 98.7 cm³/mol. The van der Waals surface area contributed by atoms with Gasteiger partial charge in [0.05, 0.1) is 24.2 Å². The first-order valence-corrected chi connectivity index (χ1v) is 9.03. The second kappa shape index (κ2) is 6.48. The van der Waals surface area contributed by atoms with Gasteiger partial charge in [-0.05, 0) is 65.9 Å². The number of aromatic nitrogens is 2. The largest absolute Gasteiger partial charge is 0.493 e. The molecule has 1 aliphatic carbocycles. The molecule has 1 fully saturated rings. The Hall–Kier alpha value is -2.01. The number of para-hydroxylation sites is 2. The maximum Gasteiger partial charge on any atom is 0.162 e.